The highest BCUT2D eigenvalue weighted by Gasteiger charge is 2.14. The molecule has 2 aromatic carbocycles. The summed E-state index contributed by atoms with van der Waals surface area (Å²) in [7, 11) is 0. The summed E-state index contributed by atoms with van der Waals surface area (Å²) in [6.45, 7) is 5.11. The summed E-state index contributed by atoms with van der Waals surface area (Å²) in [6.07, 6.45) is 3.84. The lowest BCUT2D eigenvalue weighted by molar-refractivity contribution is -0.121. The fraction of sp³-hybridized carbons (Fsp3) is 0.417. The van der Waals surface area contributed by atoms with Gasteiger partial charge in [-0.25, -0.2) is 0 Å². The zero-order valence-corrected chi connectivity index (χ0v) is 18.4. The molecule has 1 fully saturated rings. The Morgan fingerprint density at radius 3 is 2.40 bits per heavy atom. The summed E-state index contributed by atoms with van der Waals surface area (Å²) in [5.74, 6) is 0.630. The second kappa shape index (κ2) is 12.4. The predicted octanol–water partition coefficient (Wildman–Crippen LogP) is 3.74. The van der Waals surface area contributed by atoms with E-state index in [-0.39, 0.29) is 24.2 Å². The molecule has 2 amide bonds. The maximum atomic E-state index is 12.4. The topological polar surface area (TPSA) is 70.2 Å². The number of nitrogens with one attached hydrogen (secondary N) is 3. The molecule has 0 radical (unpaired) electrons. The van der Waals surface area contributed by atoms with Crippen LogP contribution in [0.3, 0.4) is 0 Å². The molecule has 0 unspecified atom stereocenters. The smallest absolute Gasteiger partial charge is 0.251 e. The average molecular weight is 430 g/mol. The van der Waals surface area contributed by atoms with E-state index < -0.39 is 0 Å². The second-order valence-corrected chi connectivity index (χ2v) is 7.88. The van der Waals surface area contributed by atoms with Gasteiger partial charge in [0.1, 0.15) is 0 Å². The van der Waals surface area contributed by atoms with Crippen LogP contribution in [0.25, 0.3) is 0 Å². The molecule has 0 saturated carbocycles. The first-order chi connectivity index (χ1) is 14.1. The van der Waals surface area contributed by atoms with Gasteiger partial charge >= 0.3 is 0 Å². The van der Waals surface area contributed by atoms with Crippen molar-refractivity contribution in [3.8, 4) is 0 Å². The first-order valence-corrected chi connectivity index (χ1v) is 10.5. The molecule has 0 aliphatic carbocycles. The molecule has 1 heterocycles. The van der Waals surface area contributed by atoms with E-state index >= 15 is 0 Å². The van der Waals surface area contributed by atoms with Crippen molar-refractivity contribution in [2.24, 2.45) is 5.92 Å². The van der Waals surface area contributed by atoms with Crippen LogP contribution < -0.4 is 16.0 Å². The number of hydrogen-bond acceptors (Lipinski definition) is 3. The van der Waals surface area contributed by atoms with Crippen molar-refractivity contribution < 1.29 is 9.59 Å². The Bertz CT molecular complexity index is 817. The van der Waals surface area contributed by atoms with E-state index in [0.717, 1.165) is 43.5 Å². The van der Waals surface area contributed by atoms with Gasteiger partial charge in [-0.1, -0.05) is 42.0 Å². The Morgan fingerprint density at radius 2 is 1.67 bits per heavy atom. The molecule has 0 bridgehead atoms. The van der Waals surface area contributed by atoms with Crippen molar-refractivity contribution in [1.82, 2.24) is 16.0 Å². The number of hydrogen-bond donors (Lipinski definition) is 3. The molecule has 6 heteroatoms. The molecule has 30 heavy (non-hydrogen) atoms. The fourth-order valence-electron chi connectivity index (χ4n) is 3.61. The second-order valence-electron chi connectivity index (χ2n) is 7.88. The zero-order chi connectivity index (χ0) is 20.5. The third-order valence-corrected chi connectivity index (χ3v) is 5.49. The van der Waals surface area contributed by atoms with E-state index in [1.807, 2.05) is 49.4 Å². The molecule has 3 N–H and O–H groups in total. The fourth-order valence-corrected chi connectivity index (χ4v) is 3.61. The largest absolute Gasteiger partial charge is 0.352 e. The Morgan fingerprint density at radius 1 is 0.967 bits per heavy atom. The Labute approximate surface area is 185 Å². The third kappa shape index (κ3) is 7.81. The summed E-state index contributed by atoms with van der Waals surface area (Å²) in [5.41, 5.74) is 3.81. The van der Waals surface area contributed by atoms with Crippen molar-refractivity contribution in [2.75, 3.05) is 13.1 Å². The van der Waals surface area contributed by atoms with Gasteiger partial charge in [0.25, 0.3) is 5.91 Å². The number of amides is 2. The van der Waals surface area contributed by atoms with Gasteiger partial charge in [-0.2, -0.15) is 0 Å². The highest BCUT2D eigenvalue weighted by molar-refractivity contribution is 5.94. The van der Waals surface area contributed by atoms with Crippen LogP contribution in [-0.2, 0) is 17.9 Å². The molecule has 162 valence electrons. The minimum atomic E-state index is -0.107. The van der Waals surface area contributed by atoms with Crippen LogP contribution in [0.1, 0.15) is 52.7 Å². The van der Waals surface area contributed by atoms with E-state index in [9.17, 15) is 9.59 Å². The van der Waals surface area contributed by atoms with Crippen LogP contribution in [0.4, 0.5) is 0 Å². The van der Waals surface area contributed by atoms with E-state index in [2.05, 4.69) is 16.0 Å². The van der Waals surface area contributed by atoms with Crippen molar-refractivity contribution >= 4 is 24.2 Å². The summed E-state index contributed by atoms with van der Waals surface area (Å²) in [5, 5.41) is 9.28. The van der Waals surface area contributed by atoms with Crippen molar-refractivity contribution in [3.05, 3.63) is 70.8 Å². The molecule has 1 saturated heterocycles. The normalized spacial score (nSPS) is 13.9. The van der Waals surface area contributed by atoms with Crippen LogP contribution in [0, 0.1) is 12.8 Å². The monoisotopic (exact) mass is 429 g/mol. The van der Waals surface area contributed by atoms with Crippen molar-refractivity contribution in [1.29, 1.82) is 0 Å². The lowest BCUT2D eigenvalue weighted by Crippen LogP contribution is -2.29. The molecule has 0 spiro atoms. The van der Waals surface area contributed by atoms with Crippen LogP contribution in [-0.4, -0.2) is 24.9 Å². The van der Waals surface area contributed by atoms with Crippen LogP contribution in [0.5, 0.6) is 0 Å². The first-order valence-electron chi connectivity index (χ1n) is 10.5. The Hall–Kier alpha value is -2.37. The first kappa shape index (κ1) is 23.9. The zero-order valence-electron chi connectivity index (χ0n) is 17.6. The standard InChI is InChI=1S/C24H31N3O2.ClH/c1-18-5-7-20(8-6-18)16-27-24(29)22-4-2-3-21(15-22)17-26-23(28)10-9-19-11-13-25-14-12-19;/h2-8,15,19,25H,9-14,16-17H2,1H3,(H,26,28)(H,27,29);1H. The summed E-state index contributed by atoms with van der Waals surface area (Å²) >= 11 is 0. The van der Waals surface area contributed by atoms with Crippen molar-refractivity contribution in [2.45, 2.75) is 45.7 Å². The van der Waals surface area contributed by atoms with Crippen LogP contribution in [0.2, 0.25) is 0 Å². The van der Waals surface area contributed by atoms with E-state index in [4.69, 9.17) is 0 Å². The molecular formula is C24H32ClN3O2. The van der Waals surface area contributed by atoms with Gasteiger partial charge in [0.2, 0.25) is 5.91 Å². The number of halogens is 1. The number of carbonyl (C=O) groups excluding carboxylic acids is 2. The van der Waals surface area contributed by atoms with E-state index in [1.165, 1.54) is 5.56 Å². The predicted molar refractivity (Wildman–Crippen MR) is 123 cm³/mol. The number of aryl methyl sites for hydroxylation is 1. The maximum absolute atomic E-state index is 12.4. The van der Waals surface area contributed by atoms with Crippen LogP contribution >= 0.6 is 12.4 Å². The Balaban J connectivity index is 0.00000320. The summed E-state index contributed by atoms with van der Waals surface area (Å²) in [4.78, 5) is 24.6. The molecule has 2 aromatic rings. The van der Waals surface area contributed by atoms with Gasteiger partial charge in [-0.3, -0.25) is 9.59 Å². The highest BCUT2D eigenvalue weighted by Crippen LogP contribution is 2.17. The van der Waals surface area contributed by atoms with Gasteiger partial charge in [-0.15, -0.1) is 12.4 Å². The highest BCUT2D eigenvalue weighted by atomic mass is 35.5. The van der Waals surface area contributed by atoms with E-state index in [0.29, 0.717) is 31.0 Å². The molecule has 5 nitrogen and oxygen atoms in total. The molecular weight excluding hydrogens is 398 g/mol. The summed E-state index contributed by atoms with van der Waals surface area (Å²) in [6, 6.07) is 15.5. The third-order valence-electron chi connectivity index (χ3n) is 5.49. The Kier molecular flexibility index (Phi) is 9.84. The lowest BCUT2D eigenvalue weighted by atomic mass is 9.93. The molecule has 0 aromatic heterocycles. The van der Waals surface area contributed by atoms with Gasteiger partial charge in [0, 0.05) is 25.1 Å². The van der Waals surface area contributed by atoms with Crippen molar-refractivity contribution in [3.63, 3.8) is 0 Å². The number of carbonyl (C=O) groups is 2. The number of benzene rings is 2. The van der Waals surface area contributed by atoms with Gasteiger partial charge in [0.05, 0.1) is 0 Å². The minimum absolute atomic E-state index is 0. The van der Waals surface area contributed by atoms with Crippen LogP contribution in [0.15, 0.2) is 48.5 Å². The molecule has 3 rings (SSSR count). The number of piperidine rings is 1. The maximum Gasteiger partial charge on any atom is 0.251 e. The lowest BCUT2D eigenvalue weighted by Gasteiger charge is -2.22. The average Bonchev–Trinajstić information content (AvgIpc) is 2.76. The summed E-state index contributed by atoms with van der Waals surface area (Å²) < 4.78 is 0. The molecule has 1 aliphatic rings. The molecule has 1 aliphatic heterocycles. The van der Waals surface area contributed by atoms with Gasteiger partial charge < -0.3 is 16.0 Å². The van der Waals surface area contributed by atoms with Gasteiger partial charge in [-0.05, 0) is 68.5 Å². The minimum Gasteiger partial charge on any atom is -0.352 e. The van der Waals surface area contributed by atoms with E-state index in [1.54, 1.807) is 6.07 Å². The molecule has 0 atom stereocenters. The van der Waals surface area contributed by atoms with Gasteiger partial charge in [0.15, 0.2) is 0 Å². The number of rotatable bonds is 8. The quantitative estimate of drug-likeness (QED) is 0.598. The SMILES string of the molecule is Cc1ccc(CNC(=O)c2cccc(CNC(=O)CCC3CCNCC3)c2)cc1.Cl.